The maximum Gasteiger partial charge on any atom is 0.215 e. The Morgan fingerprint density at radius 1 is 1.40 bits per heavy atom. The highest BCUT2D eigenvalue weighted by molar-refractivity contribution is 6.32. The Bertz CT molecular complexity index is 647. The van der Waals surface area contributed by atoms with Gasteiger partial charge in [0.2, 0.25) is 5.78 Å². The van der Waals surface area contributed by atoms with Gasteiger partial charge in [-0.2, -0.15) is 5.10 Å². The van der Waals surface area contributed by atoms with Crippen LogP contribution in [0.4, 0.5) is 0 Å². The maximum absolute atomic E-state index is 12.8. The van der Waals surface area contributed by atoms with E-state index in [4.69, 9.17) is 16.3 Å². The van der Waals surface area contributed by atoms with Crippen molar-refractivity contribution in [2.24, 2.45) is 0 Å². The van der Waals surface area contributed by atoms with E-state index in [0.717, 1.165) is 5.56 Å². The first-order chi connectivity index (χ1) is 9.47. The summed E-state index contributed by atoms with van der Waals surface area (Å²) in [6.07, 6.45) is 1.56. The van der Waals surface area contributed by atoms with Gasteiger partial charge in [0.25, 0.3) is 0 Å². The molecule has 0 radical (unpaired) electrons. The highest BCUT2D eigenvalue weighted by Gasteiger charge is 2.23. The van der Waals surface area contributed by atoms with Crippen molar-refractivity contribution in [3.63, 3.8) is 0 Å². The number of carbonyl (C=O) groups excluding carboxylic acids is 1. The van der Waals surface area contributed by atoms with Gasteiger partial charge in [-0.05, 0) is 32.4 Å². The van der Waals surface area contributed by atoms with Gasteiger partial charge in [0.05, 0.1) is 13.3 Å². The van der Waals surface area contributed by atoms with Crippen molar-refractivity contribution in [2.45, 2.75) is 26.8 Å². The van der Waals surface area contributed by atoms with Crippen molar-refractivity contribution in [3.8, 4) is 5.75 Å². The smallest absolute Gasteiger partial charge is 0.215 e. The molecule has 2 aromatic rings. The maximum atomic E-state index is 12.8. The van der Waals surface area contributed by atoms with E-state index in [1.54, 1.807) is 29.1 Å². The number of aromatic nitrogens is 2. The first-order valence-corrected chi connectivity index (χ1v) is 6.76. The fourth-order valence-electron chi connectivity index (χ4n) is 2.08. The lowest BCUT2D eigenvalue weighted by Gasteiger charge is -2.13. The Kier molecular flexibility index (Phi) is 4.14. The van der Waals surface area contributed by atoms with Gasteiger partial charge >= 0.3 is 0 Å². The summed E-state index contributed by atoms with van der Waals surface area (Å²) in [5.74, 6) is 0.344. The van der Waals surface area contributed by atoms with E-state index in [1.165, 1.54) is 7.11 Å². The molecule has 0 amide bonds. The van der Waals surface area contributed by atoms with Crippen LogP contribution in [0.1, 0.15) is 41.5 Å². The van der Waals surface area contributed by atoms with Gasteiger partial charge in [-0.1, -0.05) is 23.7 Å². The third kappa shape index (κ3) is 2.43. The lowest BCUT2D eigenvalue weighted by atomic mass is 10.0. The number of methoxy groups -OCH3 is 1. The minimum Gasteiger partial charge on any atom is -0.493 e. The molecule has 0 bridgehead atoms. The Hall–Kier alpha value is -1.81. The molecule has 1 aromatic carbocycles. The fourth-order valence-corrected chi connectivity index (χ4v) is 2.26. The molecule has 5 heteroatoms. The van der Waals surface area contributed by atoms with Gasteiger partial charge in [-0.25, -0.2) is 0 Å². The van der Waals surface area contributed by atoms with E-state index in [9.17, 15) is 4.79 Å². The lowest BCUT2D eigenvalue weighted by molar-refractivity contribution is 0.102. The summed E-state index contributed by atoms with van der Waals surface area (Å²) in [5, 5.41) is 4.80. The Labute approximate surface area is 123 Å². The standard InChI is InChI=1S/C15H17ClN2O2/c1-9(2)18-14(13(20-4)8-17-18)15(19)11-6-5-7-12(16)10(11)3/h5-9H,1-4H3. The molecule has 0 aliphatic carbocycles. The number of hydrogen-bond acceptors (Lipinski definition) is 3. The van der Waals surface area contributed by atoms with E-state index in [-0.39, 0.29) is 11.8 Å². The van der Waals surface area contributed by atoms with Crippen LogP contribution >= 0.6 is 11.6 Å². The van der Waals surface area contributed by atoms with Gasteiger partial charge in [0.15, 0.2) is 11.4 Å². The molecule has 0 unspecified atom stereocenters. The first-order valence-electron chi connectivity index (χ1n) is 6.38. The van der Waals surface area contributed by atoms with Crippen molar-refractivity contribution in [2.75, 3.05) is 7.11 Å². The van der Waals surface area contributed by atoms with Gasteiger partial charge in [-0.3, -0.25) is 9.48 Å². The molecule has 1 heterocycles. The molecule has 0 saturated carbocycles. The molecular weight excluding hydrogens is 276 g/mol. The molecule has 0 N–H and O–H groups in total. The van der Waals surface area contributed by atoms with E-state index >= 15 is 0 Å². The summed E-state index contributed by atoms with van der Waals surface area (Å²) in [6, 6.07) is 5.37. The Morgan fingerprint density at radius 3 is 2.70 bits per heavy atom. The van der Waals surface area contributed by atoms with Crippen LogP contribution in [0.15, 0.2) is 24.4 Å². The second-order valence-electron chi connectivity index (χ2n) is 4.84. The zero-order chi connectivity index (χ0) is 14.9. The monoisotopic (exact) mass is 292 g/mol. The van der Waals surface area contributed by atoms with Gasteiger partial charge in [0, 0.05) is 16.6 Å². The zero-order valence-corrected chi connectivity index (χ0v) is 12.7. The quantitative estimate of drug-likeness (QED) is 0.808. The zero-order valence-electron chi connectivity index (χ0n) is 12.0. The molecule has 0 fully saturated rings. The van der Waals surface area contributed by atoms with Crippen molar-refractivity contribution >= 4 is 17.4 Å². The number of hydrogen-bond donors (Lipinski definition) is 0. The topological polar surface area (TPSA) is 44.1 Å². The molecule has 1 aromatic heterocycles. The molecule has 4 nitrogen and oxygen atoms in total. The lowest BCUT2D eigenvalue weighted by Crippen LogP contribution is -2.15. The fraction of sp³-hybridized carbons (Fsp3) is 0.333. The van der Waals surface area contributed by atoms with Crippen LogP contribution in [0, 0.1) is 6.92 Å². The van der Waals surface area contributed by atoms with Crippen LogP contribution in [-0.4, -0.2) is 22.7 Å². The van der Waals surface area contributed by atoms with E-state index in [1.807, 2.05) is 20.8 Å². The van der Waals surface area contributed by atoms with Crippen molar-refractivity contribution < 1.29 is 9.53 Å². The number of carbonyl (C=O) groups is 1. The number of benzene rings is 1. The van der Waals surface area contributed by atoms with E-state index < -0.39 is 0 Å². The van der Waals surface area contributed by atoms with Crippen LogP contribution < -0.4 is 4.74 Å². The van der Waals surface area contributed by atoms with Crippen molar-refractivity contribution in [3.05, 3.63) is 46.2 Å². The third-order valence-corrected chi connectivity index (χ3v) is 3.61. The molecule has 0 saturated heterocycles. The second-order valence-corrected chi connectivity index (χ2v) is 5.25. The van der Waals surface area contributed by atoms with Gasteiger partial charge < -0.3 is 4.74 Å². The van der Waals surface area contributed by atoms with Crippen LogP contribution in [-0.2, 0) is 0 Å². The molecule has 2 rings (SSSR count). The molecular formula is C15H17ClN2O2. The minimum atomic E-state index is -0.131. The number of halogens is 1. The predicted octanol–water partition coefficient (Wildman–Crippen LogP) is 3.67. The SMILES string of the molecule is COc1cnn(C(C)C)c1C(=O)c1cccc(Cl)c1C. The molecule has 0 aliphatic heterocycles. The van der Waals surface area contributed by atoms with Crippen molar-refractivity contribution in [1.82, 2.24) is 9.78 Å². The minimum absolute atomic E-state index is 0.0670. The van der Waals surface area contributed by atoms with Crippen LogP contribution in [0.5, 0.6) is 5.75 Å². The first kappa shape index (κ1) is 14.6. The highest BCUT2D eigenvalue weighted by atomic mass is 35.5. The summed E-state index contributed by atoms with van der Waals surface area (Å²) in [5.41, 5.74) is 1.78. The number of rotatable bonds is 4. The normalized spacial score (nSPS) is 10.9. The second kappa shape index (κ2) is 5.67. The Morgan fingerprint density at radius 2 is 2.10 bits per heavy atom. The highest BCUT2D eigenvalue weighted by Crippen LogP contribution is 2.27. The molecule has 20 heavy (non-hydrogen) atoms. The summed E-state index contributed by atoms with van der Waals surface area (Å²) in [6.45, 7) is 5.76. The number of ketones is 1. The predicted molar refractivity (Wildman–Crippen MR) is 78.8 cm³/mol. The van der Waals surface area contributed by atoms with Crippen LogP contribution in [0.2, 0.25) is 5.02 Å². The third-order valence-electron chi connectivity index (χ3n) is 3.20. The van der Waals surface area contributed by atoms with Crippen LogP contribution in [0.25, 0.3) is 0 Å². The summed E-state index contributed by atoms with van der Waals surface area (Å²) in [7, 11) is 1.53. The Balaban J connectivity index is 2.58. The van der Waals surface area contributed by atoms with E-state index in [2.05, 4.69) is 5.10 Å². The van der Waals surface area contributed by atoms with Crippen molar-refractivity contribution in [1.29, 1.82) is 0 Å². The number of ether oxygens (including phenoxy) is 1. The molecule has 0 spiro atoms. The summed E-state index contributed by atoms with van der Waals surface area (Å²) < 4.78 is 6.92. The molecule has 0 atom stereocenters. The average Bonchev–Trinajstić information content (AvgIpc) is 2.85. The molecule has 0 aliphatic rings. The molecule has 106 valence electrons. The van der Waals surface area contributed by atoms with Gasteiger partial charge in [0.1, 0.15) is 0 Å². The summed E-state index contributed by atoms with van der Waals surface area (Å²) >= 11 is 6.09. The van der Waals surface area contributed by atoms with Gasteiger partial charge in [-0.15, -0.1) is 0 Å². The summed E-state index contributed by atoms with van der Waals surface area (Å²) in [4.78, 5) is 12.8. The van der Waals surface area contributed by atoms with E-state index in [0.29, 0.717) is 22.0 Å². The largest absolute Gasteiger partial charge is 0.493 e. The average molecular weight is 293 g/mol. The van der Waals surface area contributed by atoms with Crippen LogP contribution in [0.3, 0.4) is 0 Å². The number of nitrogens with zero attached hydrogens (tertiary/aromatic N) is 2.